The van der Waals surface area contributed by atoms with E-state index in [1.807, 2.05) is 0 Å². The second-order valence-corrected chi connectivity index (χ2v) is 9.85. The van der Waals surface area contributed by atoms with E-state index in [9.17, 15) is 23.3 Å². The van der Waals surface area contributed by atoms with Crippen molar-refractivity contribution in [3.05, 3.63) is 57.6 Å². The number of aryl methyl sites for hydroxylation is 1. The smallest absolute Gasteiger partial charge is 0.273 e. The Balaban J connectivity index is 1.58. The zero-order valence-corrected chi connectivity index (χ0v) is 18.0. The van der Waals surface area contributed by atoms with Gasteiger partial charge in [0.05, 0.1) is 33.2 Å². The van der Waals surface area contributed by atoms with E-state index in [1.54, 1.807) is 13.0 Å². The standard InChI is InChI=1S/C19H18N4O6S2/c1-12-2-3-13(10-16(12)23(25)26)18(24)21-19-20-15-5-4-14(11-17(15)30-19)31(27,28)22-6-8-29-9-7-22/h2-5,10-11H,6-9H2,1H3,(H,20,21,24). The number of fused-ring (bicyclic) bond motifs is 1. The van der Waals surface area contributed by atoms with Gasteiger partial charge in [0.15, 0.2) is 5.13 Å². The Kier molecular flexibility index (Phi) is 5.71. The molecule has 0 saturated carbocycles. The highest BCUT2D eigenvalue weighted by atomic mass is 32.2. The average molecular weight is 463 g/mol. The van der Waals surface area contributed by atoms with Gasteiger partial charge in [-0.1, -0.05) is 17.4 Å². The predicted octanol–water partition coefficient (Wildman–Crippen LogP) is 2.79. The normalized spacial score (nSPS) is 15.1. The molecule has 31 heavy (non-hydrogen) atoms. The van der Waals surface area contributed by atoms with Gasteiger partial charge in [-0.25, -0.2) is 13.4 Å². The Labute approximate surface area is 181 Å². The third kappa shape index (κ3) is 4.28. The van der Waals surface area contributed by atoms with Crippen molar-refractivity contribution in [1.82, 2.24) is 9.29 Å². The van der Waals surface area contributed by atoms with E-state index in [-0.39, 0.29) is 21.3 Å². The second-order valence-electron chi connectivity index (χ2n) is 6.88. The average Bonchev–Trinajstić information content (AvgIpc) is 3.15. The Hall–Kier alpha value is -2.93. The van der Waals surface area contributed by atoms with Gasteiger partial charge in [0.2, 0.25) is 10.0 Å². The predicted molar refractivity (Wildman–Crippen MR) is 115 cm³/mol. The summed E-state index contributed by atoms with van der Waals surface area (Å²) in [6.07, 6.45) is 0. The van der Waals surface area contributed by atoms with Gasteiger partial charge in [0.25, 0.3) is 11.6 Å². The van der Waals surface area contributed by atoms with Crippen LogP contribution in [-0.4, -0.2) is 54.8 Å². The number of morpholine rings is 1. The quantitative estimate of drug-likeness (QED) is 0.455. The van der Waals surface area contributed by atoms with Crippen molar-refractivity contribution in [3.63, 3.8) is 0 Å². The Morgan fingerprint density at radius 3 is 2.68 bits per heavy atom. The molecule has 0 radical (unpaired) electrons. The molecule has 1 aliphatic rings. The number of hydrogen-bond donors (Lipinski definition) is 1. The molecule has 1 saturated heterocycles. The van der Waals surface area contributed by atoms with Gasteiger partial charge in [-0.2, -0.15) is 4.31 Å². The minimum atomic E-state index is -3.65. The van der Waals surface area contributed by atoms with Gasteiger partial charge in [0.1, 0.15) is 0 Å². The van der Waals surface area contributed by atoms with E-state index in [0.29, 0.717) is 42.1 Å². The first-order valence-corrected chi connectivity index (χ1v) is 11.6. The van der Waals surface area contributed by atoms with Crippen LogP contribution in [0.25, 0.3) is 10.2 Å². The van der Waals surface area contributed by atoms with Gasteiger partial charge in [-0.15, -0.1) is 0 Å². The molecule has 12 heteroatoms. The summed E-state index contributed by atoms with van der Waals surface area (Å²) in [6, 6.07) is 8.83. The Bertz CT molecular complexity index is 1280. The maximum atomic E-state index is 12.8. The van der Waals surface area contributed by atoms with Crippen LogP contribution in [0.1, 0.15) is 15.9 Å². The molecule has 0 spiro atoms. The summed E-state index contributed by atoms with van der Waals surface area (Å²) in [7, 11) is -3.65. The second kappa shape index (κ2) is 8.30. The number of hydrogen-bond acceptors (Lipinski definition) is 8. The molecule has 1 N–H and O–H groups in total. The summed E-state index contributed by atoms with van der Waals surface area (Å²) >= 11 is 1.13. The summed E-state index contributed by atoms with van der Waals surface area (Å²) in [4.78, 5) is 27.6. The number of thiazole rings is 1. The first-order chi connectivity index (χ1) is 14.8. The largest absolute Gasteiger partial charge is 0.379 e. The molecule has 10 nitrogen and oxygen atoms in total. The number of nitro benzene ring substituents is 1. The van der Waals surface area contributed by atoms with E-state index in [0.717, 1.165) is 11.3 Å². The number of carbonyl (C=O) groups excluding carboxylic acids is 1. The fourth-order valence-electron chi connectivity index (χ4n) is 3.17. The van der Waals surface area contributed by atoms with Crippen molar-refractivity contribution in [1.29, 1.82) is 0 Å². The van der Waals surface area contributed by atoms with Crippen molar-refractivity contribution < 1.29 is 22.9 Å². The molecule has 2 aromatic carbocycles. The fraction of sp³-hybridized carbons (Fsp3) is 0.263. The summed E-state index contributed by atoms with van der Waals surface area (Å²) in [6.45, 7) is 2.90. The van der Waals surface area contributed by atoms with Crippen LogP contribution in [-0.2, 0) is 14.8 Å². The van der Waals surface area contributed by atoms with Crippen LogP contribution in [0.4, 0.5) is 10.8 Å². The topological polar surface area (TPSA) is 132 Å². The molecule has 0 atom stereocenters. The lowest BCUT2D eigenvalue weighted by Crippen LogP contribution is -2.40. The third-order valence-corrected chi connectivity index (χ3v) is 7.68. The molecular weight excluding hydrogens is 444 g/mol. The number of sulfonamides is 1. The number of nitro groups is 1. The van der Waals surface area contributed by atoms with Crippen molar-refractivity contribution in [2.75, 3.05) is 31.6 Å². The zero-order valence-electron chi connectivity index (χ0n) is 16.4. The summed E-state index contributed by atoms with van der Waals surface area (Å²) < 4.78 is 32.9. The summed E-state index contributed by atoms with van der Waals surface area (Å²) in [5, 5.41) is 14.0. The molecule has 0 unspecified atom stereocenters. The number of nitrogens with zero attached hydrogens (tertiary/aromatic N) is 3. The van der Waals surface area contributed by atoms with Gasteiger partial charge in [0, 0.05) is 30.3 Å². The number of rotatable bonds is 5. The van der Waals surface area contributed by atoms with Crippen LogP contribution in [0, 0.1) is 17.0 Å². The molecule has 3 aromatic rings. The van der Waals surface area contributed by atoms with E-state index >= 15 is 0 Å². The minimum Gasteiger partial charge on any atom is -0.379 e. The molecule has 1 fully saturated rings. The highest BCUT2D eigenvalue weighted by molar-refractivity contribution is 7.89. The summed E-state index contributed by atoms with van der Waals surface area (Å²) in [5.41, 5.74) is 0.980. The monoisotopic (exact) mass is 462 g/mol. The lowest BCUT2D eigenvalue weighted by atomic mass is 10.1. The van der Waals surface area contributed by atoms with Gasteiger partial charge < -0.3 is 4.74 Å². The molecule has 1 amide bonds. The van der Waals surface area contributed by atoms with Crippen LogP contribution in [0.15, 0.2) is 41.3 Å². The number of ether oxygens (including phenoxy) is 1. The van der Waals surface area contributed by atoms with Crippen LogP contribution in [0.2, 0.25) is 0 Å². The van der Waals surface area contributed by atoms with Crippen LogP contribution < -0.4 is 5.32 Å². The van der Waals surface area contributed by atoms with E-state index in [4.69, 9.17) is 4.74 Å². The van der Waals surface area contributed by atoms with Crippen molar-refractivity contribution in [2.24, 2.45) is 0 Å². The first kappa shape index (κ1) is 21.3. The van der Waals surface area contributed by atoms with Gasteiger partial charge in [-0.05, 0) is 31.2 Å². The van der Waals surface area contributed by atoms with E-state index in [2.05, 4.69) is 10.3 Å². The SMILES string of the molecule is Cc1ccc(C(=O)Nc2nc3ccc(S(=O)(=O)N4CCOCC4)cc3s2)cc1[N+](=O)[O-]. The highest BCUT2D eigenvalue weighted by Crippen LogP contribution is 2.30. The lowest BCUT2D eigenvalue weighted by molar-refractivity contribution is -0.385. The number of anilines is 1. The van der Waals surface area contributed by atoms with E-state index in [1.165, 1.54) is 34.6 Å². The molecule has 4 rings (SSSR count). The Morgan fingerprint density at radius 1 is 1.23 bits per heavy atom. The summed E-state index contributed by atoms with van der Waals surface area (Å²) in [5.74, 6) is -0.539. The molecule has 0 bridgehead atoms. The molecule has 1 aliphatic heterocycles. The van der Waals surface area contributed by atoms with E-state index < -0.39 is 20.9 Å². The molecule has 0 aliphatic carbocycles. The van der Waals surface area contributed by atoms with Crippen molar-refractivity contribution in [2.45, 2.75) is 11.8 Å². The van der Waals surface area contributed by atoms with Crippen molar-refractivity contribution in [3.8, 4) is 0 Å². The number of aromatic nitrogens is 1. The minimum absolute atomic E-state index is 0.132. The molecular formula is C19H18N4O6S2. The van der Waals surface area contributed by atoms with Gasteiger partial charge >= 0.3 is 0 Å². The molecule has 2 heterocycles. The number of nitrogens with one attached hydrogen (secondary N) is 1. The third-order valence-electron chi connectivity index (χ3n) is 4.86. The molecule has 1 aromatic heterocycles. The van der Waals surface area contributed by atoms with Crippen molar-refractivity contribution >= 4 is 48.3 Å². The maximum Gasteiger partial charge on any atom is 0.273 e. The number of benzene rings is 2. The highest BCUT2D eigenvalue weighted by Gasteiger charge is 2.27. The Morgan fingerprint density at radius 2 is 1.97 bits per heavy atom. The van der Waals surface area contributed by atoms with Crippen LogP contribution in [0.3, 0.4) is 0 Å². The maximum absolute atomic E-state index is 12.8. The fourth-order valence-corrected chi connectivity index (χ4v) is 5.58. The van der Waals surface area contributed by atoms with Gasteiger partial charge in [-0.3, -0.25) is 20.2 Å². The molecule has 162 valence electrons. The van der Waals surface area contributed by atoms with Crippen LogP contribution >= 0.6 is 11.3 Å². The number of amides is 1. The first-order valence-electron chi connectivity index (χ1n) is 9.30. The lowest BCUT2D eigenvalue weighted by Gasteiger charge is -2.25. The number of carbonyl (C=O) groups is 1. The van der Waals surface area contributed by atoms with Crippen LogP contribution in [0.5, 0.6) is 0 Å². The zero-order chi connectivity index (χ0) is 22.2.